The highest BCUT2D eigenvalue weighted by Crippen LogP contribution is 2.21. The van der Waals surface area contributed by atoms with Crippen molar-refractivity contribution in [2.75, 3.05) is 5.32 Å². The van der Waals surface area contributed by atoms with Crippen molar-refractivity contribution in [3.8, 4) is 11.4 Å². The van der Waals surface area contributed by atoms with Gasteiger partial charge in [0, 0.05) is 36.3 Å². The Morgan fingerprint density at radius 1 is 1.13 bits per heavy atom. The van der Waals surface area contributed by atoms with E-state index < -0.39 is 0 Å². The monoisotopic (exact) mass is 305 g/mol. The highest BCUT2D eigenvalue weighted by atomic mass is 16.1. The molecule has 0 saturated heterocycles. The van der Waals surface area contributed by atoms with Gasteiger partial charge in [-0.25, -0.2) is 4.98 Å². The zero-order valence-electron chi connectivity index (χ0n) is 13.5. The first-order valence-corrected chi connectivity index (χ1v) is 7.51. The molecule has 3 rings (SSSR count). The number of carbonyl (C=O) groups is 1. The summed E-state index contributed by atoms with van der Waals surface area (Å²) in [7, 11) is 1.95. The van der Waals surface area contributed by atoms with Gasteiger partial charge in [-0.2, -0.15) is 0 Å². The number of hydrogen-bond donors (Lipinski definition) is 1. The minimum absolute atomic E-state index is 0.0977. The standard InChI is InChI=1S/C19H19N3O/c1-13-7-8-17(14(2)11-13)19(23)21-16-6-4-5-15(12-16)18-20-9-10-22(18)3/h4-12H,1-3H3,(H,21,23). The predicted molar refractivity (Wildman–Crippen MR) is 92.5 cm³/mol. The maximum absolute atomic E-state index is 12.5. The van der Waals surface area contributed by atoms with Gasteiger partial charge in [0.2, 0.25) is 0 Å². The molecule has 1 amide bonds. The van der Waals surface area contributed by atoms with Crippen LogP contribution in [0.4, 0.5) is 5.69 Å². The van der Waals surface area contributed by atoms with Crippen LogP contribution >= 0.6 is 0 Å². The molecule has 0 radical (unpaired) electrons. The molecule has 0 aliphatic carbocycles. The first-order chi connectivity index (χ1) is 11.0. The van der Waals surface area contributed by atoms with Crippen LogP contribution in [0, 0.1) is 13.8 Å². The van der Waals surface area contributed by atoms with Crippen molar-refractivity contribution in [3.63, 3.8) is 0 Å². The molecule has 0 bridgehead atoms. The Bertz CT molecular complexity index is 865. The van der Waals surface area contributed by atoms with E-state index in [1.165, 1.54) is 0 Å². The summed E-state index contributed by atoms with van der Waals surface area (Å²) < 4.78 is 1.95. The SMILES string of the molecule is Cc1ccc(C(=O)Nc2cccc(-c3nccn3C)c2)c(C)c1. The van der Waals surface area contributed by atoms with Crippen molar-refractivity contribution in [2.45, 2.75) is 13.8 Å². The summed E-state index contributed by atoms with van der Waals surface area (Å²) in [5.41, 5.74) is 4.54. The molecule has 1 N–H and O–H groups in total. The second-order valence-corrected chi connectivity index (χ2v) is 5.72. The van der Waals surface area contributed by atoms with Gasteiger partial charge in [-0.05, 0) is 37.6 Å². The van der Waals surface area contributed by atoms with Gasteiger partial charge in [0.05, 0.1) is 0 Å². The Labute approximate surface area is 135 Å². The summed E-state index contributed by atoms with van der Waals surface area (Å²) in [6.07, 6.45) is 3.66. The molecule has 3 aromatic rings. The smallest absolute Gasteiger partial charge is 0.255 e. The highest BCUT2D eigenvalue weighted by Gasteiger charge is 2.10. The lowest BCUT2D eigenvalue weighted by molar-refractivity contribution is 0.102. The molecular weight excluding hydrogens is 286 g/mol. The van der Waals surface area contributed by atoms with E-state index in [-0.39, 0.29) is 5.91 Å². The summed E-state index contributed by atoms with van der Waals surface area (Å²) in [6, 6.07) is 13.5. The van der Waals surface area contributed by atoms with Crippen molar-refractivity contribution in [3.05, 3.63) is 71.5 Å². The van der Waals surface area contributed by atoms with E-state index in [0.29, 0.717) is 5.56 Å². The summed E-state index contributed by atoms with van der Waals surface area (Å²) in [6.45, 7) is 3.97. The summed E-state index contributed by atoms with van der Waals surface area (Å²) >= 11 is 0. The third-order valence-corrected chi connectivity index (χ3v) is 3.83. The third-order valence-electron chi connectivity index (χ3n) is 3.83. The number of benzene rings is 2. The van der Waals surface area contributed by atoms with Crippen LogP contribution in [0.1, 0.15) is 21.5 Å². The van der Waals surface area contributed by atoms with E-state index in [1.807, 2.05) is 74.1 Å². The fourth-order valence-corrected chi connectivity index (χ4v) is 2.65. The molecule has 0 spiro atoms. The first kappa shape index (κ1) is 15.0. The Morgan fingerprint density at radius 2 is 1.96 bits per heavy atom. The second-order valence-electron chi connectivity index (χ2n) is 5.72. The van der Waals surface area contributed by atoms with Gasteiger partial charge in [0.15, 0.2) is 0 Å². The van der Waals surface area contributed by atoms with Crippen LogP contribution in [0.5, 0.6) is 0 Å². The number of amides is 1. The lowest BCUT2D eigenvalue weighted by Gasteiger charge is -2.10. The number of nitrogens with zero attached hydrogens (tertiary/aromatic N) is 2. The molecule has 0 saturated carbocycles. The second kappa shape index (κ2) is 6.08. The van der Waals surface area contributed by atoms with Crippen LogP contribution in [-0.2, 0) is 7.05 Å². The summed E-state index contributed by atoms with van der Waals surface area (Å²) in [4.78, 5) is 16.8. The van der Waals surface area contributed by atoms with Crippen LogP contribution in [0.2, 0.25) is 0 Å². The lowest BCUT2D eigenvalue weighted by atomic mass is 10.0. The van der Waals surface area contributed by atoms with Gasteiger partial charge in [-0.1, -0.05) is 29.8 Å². The Kier molecular flexibility index (Phi) is 3.98. The molecule has 0 aliphatic rings. The molecule has 0 unspecified atom stereocenters. The van der Waals surface area contributed by atoms with Crippen molar-refractivity contribution in [1.82, 2.24) is 9.55 Å². The first-order valence-electron chi connectivity index (χ1n) is 7.51. The maximum atomic E-state index is 12.5. The lowest BCUT2D eigenvalue weighted by Crippen LogP contribution is -2.13. The van der Waals surface area contributed by atoms with Gasteiger partial charge in [-0.15, -0.1) is 0 Å². The van der Waals surface area contributed by atoms with E-state index in [0.717, 1.165) is 28.2 Å². The fraction of sp³-hybridized carbons (Fsp3) is 0.158. The van der Waals surface area contributed by atoms with Crippen LogP contribution in [0.25, 0.3) is 11.4 Å². The minimum atomic E-state index is -0.0977. The van der Waals surface area contributed by atoms with Gasteiger partial charge in [0.1, 0.15) is 5.82 Å². The van der Waals surface area contributed by atoms with E-state index >= 15 is 0 Å². The molecule has 4 heteroatoms. The number of rotatable bonds is 3. The van der Waals surface area contributed by atoms with Crippen molar-refractivity contribution in [1.29, 1.82) is 0 Å². The molecule has 116 valence electrons. The van der Waals surface area contributed by atoms with Gasteiger partial charge >= 0.3 is 0 Å². The van der Waals surface area contributed by atoms with E-state index in [2.05, 4.69) is 10.3 Å². The van der Waals surface area contributed by atoms with Crippen LogP contribution in [-0.4, -0.2) is 15.5 Å². The van der Waals surface area contributed by atoms with E-state index in [1.54, 1.807) is 6.20 Å². The molecular formula is C19H19N3O. The zero-order chi connectivity index (χ0) is 16.4. The minimum Gasteiger partial charge on any atom is -0.334 e. The Morgan fingerprint density at radius 3 is 2.65 bits per heavy atom. The van der Waals surface area contributed by atoms with Crippen LogP contribution < -0.4 is 5.32 Å². The van der Waals surface area contributed by atoms with Crippen molar-refractivity contribution in [2.24, 2.45) is 7.05 Å². The van der Waals surface area contributed by atoms with Gasteiger partial charge in [-0.3, -0.25) is 4.79 Å². The Hall–Kier alpha value is -2.88. The molecule has 0 atom stereocenters. The average Bonchev–Trinajstić information content (AvgIpc) is 2.93. The van der Waals surface area contributed by atoms with E-state index in [9.17, 15) is 4.79 Å². The molecule has 4 nitrogen and oxygen atoms in total. The number of aryl methyl sites for hydroxylation is 3. The number of carbonyl (C=O) groups excluding carboxylic acids is 1. The number of imidazole rings is 1. The predicted octanol–water partition coefficient (Wildman–Crippen LogP) is 3.96. The highest BCUT2D eigenvalue weighted by molar-refractivity contribution is 6.05. The molecule has 2 aromatic carbocycles. The Balaban J connectivity index is 1.86. The quantitative estimate of drug-likeness (QED) is 0.796. The molecule has 0 aliphatic heterocycles. The van der Waals surface area contributed by atoms with Crippen LogP contribution in [0.15, 0.2) is 54.9 Å². The van der Waals surface area contributed by atoms with Crippen LogP contribution in [0.3, 0.4) is 0 Å². The normalized spacial score (nSPS) is 10.6. The van der Waals surface area contributed by atoms with E-state index in [4.69, 9.17) is 0 Å². The molecule has 1 heterocycles. The van der Waals surface area contributed by atoms with Gasteiger partial charge in [0.25, 0.3) is 5.91 Å². The van der Waals surface area contributed by atoms with Crippen molar-refractivity contribution >= 4 is 11.6 Å². The number of hydrogen-bond acceptors (Lipinski definition) is 2. The molecule has 0 fully saturated rings. The molecule has 23 heavy (non-hydrogen) atoms. The van der Waals surface area contributed by atoms with Gasteiger partial charge < -0.3 is 9.88 Å². The van der Waals surface area contributed by atoms with Crippen molar-refractivity contribution < 1.29 is 4.79 Å². The fourth-order valence-electron chi connectivity index (χ4n) is 2.65. The average molecular weight is 305 g/mol. The number of anilines is 1. The number of aromatic nitrogens is 2. The largest absolute Gasteiger partial charge is 0.334 e. The summed E-state index contributed by atoms with van der Waals surface area (Å²) in [5.74, 6) is 0.770. The molecule has 1 aromatic heterocycles. The maximum Gasteiger partial charge on any atom is 0.255 e. The topological polar surface area (TPSA) is 46.9 Å². The third kappa shape index (κ3) is 3.16. The zero-order valence-corrected chi connectivity index (χ0v) is 13.5. The summed E-state index contributed by atoms with van der Waals surface area (Å²) in [5, 5.41) is 2.96. The number of nitrogens with one attached hydrogen (secondary N) is 1.